The van der Waals surface area contributed by atoms with E-state index in [2.05, 4.69) is 20.4 Å². The van der Waals surface area contributed by atoms with Gasteiger partial charge in [0, 0.05) is 5.69 Å². The molecule has 0 spiro atoms. The zero-order valence-corrected chi connectivity index (χ0v) is 16.1. The number of methoxy groups -OCH3 is 2. The lowest BCUT2D eigenvalue weighted by Gasteiger charge is -2.09. The van der Waals surface area contributed by atoms with E-state index >= 15 is 0 Å². The molecule has 29 heavy (non-hydrogen) atoms. The van der Waals surface area contributed by atoms with Crippen molar-refractivity contribution in [2.45, 2.75) is 6.42 Å². The number of aromatic nitrogens is 1. The number of carbonyl (C=O) groups is 2. The van der Waals surface area contributed by atoms with Crippen molar-refractivity contribution < 1.29 is 19.1 Å². The Balaban J connectivity index is 1.55. The van der Waals surface area contributed by atoms with Gasteiger partial charge in [0.05, 0.1) is 38.1 Å². The van der Waals surface area contributed by atoms with E-state index in [1.165, 1.54) is 7.11 Å². The second kappa shape index (κ2) is 9.36. The van der Waals surface area contributed by atoms with Gasteiger partial charge < -0.3 is 20.1 Å². The maximum absolute atomic E-state index is 12.2. The van der Waals surface area contributed by atoms with Crippen LogP contribution in [0.3, 0.4) is 0 Å². The number of ether oxygens (including phenoxy) is 2. The Hall–Kier alpha value is -3.87. The minimum Gasteiger partial charge on any atom is -0.497 e. The Labute approximate surface area is 168 Å². The fourth-order valence-corrected chi connectivity index (χ4v) is 2.63. The third-order valence-corrected chi connectivity index (χ3v) is 4.15. The monoisotopic (exact) mass is 391 g/mol. The lowest BCUT2D eigenvalue weighted by Crippen LogP contribution is -2.14. The van der Waals surface area contributed by atoms with Crippen LogP contribution in [0.15, 0.2) is 66.9 Å². The van der Waals surface area contributed by atoms with Gasteiger partial charge in [-0.15, -0.1) is 0 Å². The fourth-order valence-electron chi connectivity index (χ4n) is 2.63. The minimum atomic E-state index is -0.385. The molecule has 3 aromatic rings. The molecule has 7 heteroatoms. The average Bonchev–Trinajstić information content (AvgIpc) is 2.75. The Bertz CT molecular complexity index is 968. The summed E-state index contributed by atoms with van der Waals surface area (Å²) in [6.07, 6.45) is 1.84. The smallest absolute Gasteiger partial charge is 0.337 e. The third kappa shape index (κ3) is 5.55. The second-order valence-electron chi connectivity index (χ2n) is 6.20. The number of pyridine rings is 1. The highest BCUT2D eigenvalue weighted by Crippen LogP contribution is 2.18. The summed E-state index contributed by atoms with van der Waals surface area (Å²) in [5.74, 6) is 0.853. The Morgan fingerprint density at radius 2 is 1.59 bits per heavy atom. The molecule has 148 valence electrons. The van der Waals surface area contributed by atoms with E-state index in [0.717, 1.165) is 17.0 Å². The molecular weight excluding hydrogens is 370 g/mol. The van der Waals surface area contributed by atoms with E-state index in [4.69, 9.17) is 4.74 Å². The molecule has 2 aromatic carbocycles. The molecule has 0 unspecified atom stereocenters. The molecule has 2 N–H and O–H groups in total. The van der Waals surface area contributed by atoms with Crippen LogP contribution in [-0.2, 0) is 16.0 Å². The minimum absolute atomic E-state index is 0.129. The van der Waals surface area contributed by atoms with E-state index < -0.39 is 0 Å². The number of nitrogens with one attached hydrogen (secondary N) is 2. The Morgan fingerprint density at radius 3 is 2.17 bits per heavy atom. The van der Waals surface area contributed by atoms with Gasteiger partial charge in [0.15, 0.2) is 0 Å². The summed E-state index contributed by atoms with van der Waals surface area (Å²) in [7, 11) is 2.94. The van der Waals surface area contributed by atoms with Crippen molar-refractivity contribution in [1.82, 2.24) is 4.98 Å². The zero-order valence-electron chi connectivity index (χ0n) is 16.1. The number of hydrogen-bond acceptors (Lipinski definition) is 6. The van der Waals surface area contributed by atoms with Crippen LogP contribution in [0.1, 0.15) is 15.9 Å². The molecule has 0 fully saturated rings. The van der Waals surface area contributed by atoms with Gasteiger partial charge in [-0.1, -0.05) is 12.1 Å². The molecule has 0 radical (unpaired) electrons. The number of hydrogen-bond donors (Lipinski definition) is 2. The van der Waals surface area contributed by atoms with Crippen molar-refractivity contribution in [2.24, 2.45) is 0 Å². The molecule has 7 nitrogen and oxygen atoms in total. The first kappa shape index (κ1) is 19.9. The SMILES string of the molecule is COC(=O)c1ccc(Nc2ccc(NC(=O)Cc3ccc(OC)cc3)cn2)cc1. The summed E-state index contributed by atoms with van der Waals surface area (Å²) < 4.78 is 9.78. The number of anilines is 3. The van der Waals surface area contributed by atoms with E-state index in [1.807, 2.05) is 24.3 Å². The number of amides is 1. The van der Waals surface area contributed by atoms with Gasteiger partial charge in [-0.2, -0.15) is 0 Å². The predicted molar refractivity (Wildman–Crippen MR) is 111 cm³/mol. The van der Waals surface area contributed by atoms with Crippen LogP contribution >= 0.6 is 0 Å². The number of nitrogens with zero attached hydrogens (tertiary/aromatic N) is 1. The normalized spacial score (nSPS) is 10.1. The van der Waals surface area contributed by atoms with Gasteiger partial charge >= 0.3 is 5.97 Å². The molecule has 3 rings (SSSR count). The van der Waals surface area contributed by atoms with Gasteiger partial charge in [-0.3, -0.25) is 4.79 Å². The number of carbonyl (C=O) groups excluding carboxylic acids is 2. The van der Waals surface area contributed by atoms with Crippen molar-refractivity contribution in [3.8, 4) is 5.75 Å². The number of rotatable bonds is 7. The summed E-state index contributed by atoms with van der Waals surface area (Å²) in [4.78, 5) is 28.0. The highest BCUT2D eigenvalue weighted by Gasteiger charge is 2.07. The van der Waals surface area contributed by atoms with Gasteiger partial charge in [0.2, 0.25) is 5.91 Å². The lowest BCUT2D eigenvalue weighted by molar-refractivity contribution is -0.115. The first-order valence-electron chi connectivity index (χ1n) is 8.91. The van der Waals surface area contributed by atoms with Crippen LogP contribution in [0.25, 0.3) is 0 Å². The van der Waals surface area contributed by atoms with E-state index in [1.54, 1.807) is 49.7 Å². The second-order valence-corrected chi connectivity index (χ2v) is 6.20. The lowest BCUT2D eigenvalue weighted by atomic mass is 10.1. The van der Waals surface area contributed by atoms with Gasteiger partial charge in [-0.05, 0) is 54.1 Å². The summed E-state index contributed by atoms with van der Waals surface area (Å²) >= 11 is 0. The quantitative estimate of drug-likeness (QED) is 0.596. The summed E-state index contributed by atoms with van der Waals surface area (Å²) in [5.41, 5.74) is 2.75. The van der Waals surface area contributed by atoms with Crippen LogP contribution in [-0.4, -0.2) is 31.1 Å². The first-order chi connectivity index (χ1) is 14.1. The Kier molecular flexibility index (Phi) is 6.42. The van der Waals surface area contributed by atoms with Crippen LogP contribution < -0.4 is 15.4 Å². The maximum Gasteiger partial charge on any atom is 0.337 e. The molecule has 1 aromatic heterocycles. The predicted octanol–water partition coefficient (Wildman–Crippen LogP) is 3.80. The largest absolute Gasteiger partial charge is 0.497 e. The summed E-state index contributed by atoms with van der Waals surface area (Å²) in [6.45, 7) is 0. The Morgan fingerprint density at radius 1 is 0.897 bits per heavy atom. The van der Waals surface area contributed by atoms with Crippen molar-refractivity contribution in [2.75, 3.05) is 24.9 Å². The van der Waals surface area contributed by atoms with Crippen LogP contribution in [0.5, 0.6) is 5.75 Å². The van der Waals surface area contributed by atoms with Crippen LogP contribution in [0, 0.1) is 0 Å². The van der Waals surface area contributed by atoms with Crippen molar-refractivity contribution in [3.05, 3.63) is 78.0 Å². The molecule has 0 atom stereocenters. The fraction of sp³-hybridized carbons (Fsp3) is 0.136. The summed E-state index contributed by atoms with van der Waals surface area (Å²) in [5, 5.41) is 5.96. The van der Waals surface area contributed by atoms with Crippen molar-refractivity contribution in [3.63, 3.8) is 0 Å². The van der Waals surface area contributed by atoms with E-state index in [9.17, 15) is 9.59 Å². The van der Waals surface area contributed by atoms with Crippen molar-refractivity contribution in [1.29, 1.82) is 0 Å². The molecule has 1 heterocycles. The van der Waals surface area contributed by atoms with E-state index in [-0.39, 0.29) is 18.3 Å². The molecule has 0 aliphatic carbocycles. The topological polar surface area (TPSA) is 89.6 Å². The van der Waals surface area contributed by atoms with E-state index in [0.29, 0.717) is 17.1 Å². The third-order valence-electron chi connectivity index (χ3n) is 4.15. The van der Waals surface area contributed by atoms with Crippen molar-refractivity contribution >= 4 is 29.1 Å². The molecule has 0 saturated carbocycles. The molecule has 0 aliphatic rings. The molecule has 1 amide bonds. The number of benzene rings is 2. The standard InChI is InChI=1S/C22H21N3O4/c1-28-19-10-3-15(4-11-19)13-21(26)25-18-9-12-20(23-14-18)24-17-7-5-16(6-8-17)22(27)29-2/h3-12,14H,13H2,1-2H3,(H,23,24)(H,25,26). The molecular formula is C22H21N3O4. The molecule has 0 aliphatic heterocycles. The highest BCUT2D eigenvalue weighted by molar-refractivity contribution is 5.92. The number of esters is 1. The highest BCUT2D eigenvalue weighted by atomic mass is 16.5. The first-order valence-corrected chi connectivity index (χ1v) is 8.91. The van der Waals surface area contributed by atoms with Gasteiger partial charge in [0.25, 0.3) is 0 Å². The van der Waals surface area contributed by atoms with Gasteiger partial charge in [0.1, 0.15) is 11.6 Å². The van der Waals surface area contributed by atoms with Gasteiger partial charge in [-0.25, -0.2) is 9.78 Å². The van der Waals surface area contributed by atoms with Crippen LogP contribution in [0.4, 0.5) is 17.2 Å². The average molecular weight is 391 g/mol. The molecule has 0 bridgehead atoms. The summed E-state index contributed by atoms with van der Waals surface area (Å²) in [6, 6.07) is 17.7. The molecule has 0 saturated heterocycles. The van der Waals surface area contributed by atoms with Crippen LogP contribution in [0.2, 0.25) is 0 Å². The zero-order chi connectivity index (χ0) is 20.6. The maximum atomic E-state index is 12.2.